The number of halogens is 1. The molecule has 0 radical (unpaired) electrons. The number of carbonyl (C=O) groups excluding carboxylic acids is 2. The van der Waals surface area contributed by atoms with Gasteiger partial charge in [0, 0.05) is 25.3 Å². The van der Waals surface area contributed by atoms with Gasteiger partial charge in [-0.1, -0.05) is 25.0 Å². The maximum absolute atomic E-state index is 13.1. The average Bonchev–Trinajstić information content (AvgIpc) is 3.18. The van der Waals surface area contributed by atoms with Crippen LogP contribution in [0.2, 0.25) is 0 Å². The molecule has 1 unspecified atom stereocenters. The van der Waals surface area contributed by atoms with E-state index in [0.29, 0.717) is 33.6 Å². The van der Waals surface area contributed by atoms with Crippen LogP contribution in [0.25, 0.3) is 0 Å². The fraction of sp³-hybridized carbons (Fsp3) is 0.440. The Morgan fingerprint density at radius 1 is 1.06 bits per heavy atom. The van der Waals surface area contributed by atoms with Crippen LogP contribution < -0.4 is 10.1 Å². The van der Waals surface area contributed by atoms with Crippen molar-refractivity contribution >= 4 is 33.4 Å². The van der Waals surface area contributed by atoms with Gasteiger partial charge >= 0.3 is 0 Å². The molecule has 2 amide bonds. The second-order valence-electron chi connectivity index (χ2n) is 8.30. The zero-order chi connectivity index (χ0) is 22.3. The Balaban J connectivity index is 1.43. The monoisotopic (exact) mass is 500 g/mol. The number of ether oxygens (including phenoxy) is 2. The van der Waals surface area contributed by atoms with Gasteiger partial charge in [-0.3, -0.25) is 9.59 Å². The smallest absolute Gasteiger partial charge is 0.255 e. The molecule has 7 heteroatoms. The van der Waals surface area contributed by atoms with Crippen molar-refractivity contribution in [1.29, 1.82) is 0 Å². The minimum absolute atomic E-state index is 0.0261. The molecule has 2 aromatic rings. The number of carbonyl (C=O) groups is 2. The van der Waals surface area contributed by atoms with Crippen LogP contribution in [0.5, 0.6) is 5.75 Å². The summed E-state index contributed by atoms with van der Waals surface area (Å²) in [5, 5.41) is 2.92. The Morgan fingerprint density at radius 2 is 1.84 bits per heavy atom. The van der Waals surface area contributed by atoms with Gasteiger partial charge in [0.15, 0.2) is 0 Å². The standard InChI is InChI=1S/C25H29BrN2O4/c26-21-16-18(11-12-23(21)32-17-19-8-7-15-31-19)24(29)27-22-10-4-3-9-20(22)25(30)28-13-5-1-2-6-14-28/h3-4,9-12,16,19H,1-2,5-8,13-15,17H2,(H,27,29). The van der Waals surface area contributed by atoms with Crippen molar-refractivity contribution in [2.24, 2.45) is 0 Å². The number of amides is 2. The number of likely N-dealkylation sites (tertiary alicyclic amines) is 1. The zero-order valence-corrected chi connectivity index (χ0v) is 19.7. The maximum atomic E-state index is 13.1. The summed E-state index contributed by atoms with van der Waals surface area (Å²) in [6, 6.07) is 12.5. The molecule has 2 fully saturated rings. The van der Waals surface area contributed by atoms with E-state index in [0.717, 1.165) is 58.2 Å². The minimum Gasteiger partial charge on any atom is -0.490 e. The molecular formula is C25H29BrN2O4. The third kappa shape index (κ3) is 5.70. The predicted octanol–water partition coefficient (Wildman–Crippen LogP) is 5.28. The molecular weight excluding hydrogens is 472 g/mol. The Labute approximate surface area is 197 Å². The number of hydrogen-bond donors (Lipinski definition) is 1. The number of rotatable bonds is 6. The van der Waals surface area contributed by atoms with Crippen LogP contribution in [-0.2, 0) is 4.74 Å². The van der Waals surface area contributed by atoms with Gasteiger partial charge in [0.25, 0.3) is 11.8 Å². The van der Waals surface area contributed by atoms with E-state index in [1.165, 1.54) is 0 Å². The van der Waals surface area contributed by atoms with E-state index in [2.05, 4.69) is 21.2 Å². The quantitative estimate of drug-likeness (QED) is 0.585. The first-order valence-corrected chi connectivity index (χ1v) is 12.1. The Bertz CT molecular complexity index is 951. The molecule has 2 aliphatic rings. The van der Waals surface area contributed by atoms with Crippen molar-refractivity contribution in [3.05, 3.63) is 58.1 Å². The number of nitrogens with one attached hydrogen (secondary N) is 1. The largest absolute Gasteiger partial charge is 0.490 e. The molecule has 32 heavy (non-hydrogen) atoms. The van der Waals surface area contributed by atoms with E-state index in [-0.39, 0.29) is 17.9 Å². The van der Waals surface area contributed by atoms with Gasteiger partial charge in [0.2, 0.25) is 0 Å². The number of hydrogen-bond acceptors (Lipinski definition) is 4. The van der Waals surface area contributed by atoms with Crippen molar-refractivity contribution in [2.45, 2.75) is 44.6 Å². The van der Waals surface area contributed by atoms with Crippen molar-refractivity contribution < 1.29 is 19.1 Å². The topological polar surface area (TPSA) is 67.9 Å². The molecule has 6 nitrogen and oxygen atoms in total. The van der Waals surface area contributed by atoms with Crippen LogP contribution in [-0.4, -0.2) is 49.1 Å². The van der Waals surface area contributed by atoms with Crippen LogP contribution >= 0.6 is 15.9 Å². The summed E-state index contributed by atoms with van der Waals surface area (Å²) in [7, 11) is 0. The van der Waals surface area contributed by atoms with Crippen LogP contribution in [0, 0.1) is 0 Å². The molecule has 2 aromatic carbocycles. The average molecular weight is 501 g/mol. The highest BCUT2D eigenvalue weighted by Crippen LogP contribution is 2.28. The lowest BCUT2D eigenvalue weighted by molar-refractivity contribution is 0.0677. The minimum atomic E-state index is -0.271. The van der Waals surface area contributed by atoms with Gasteiger partial charge in [-0.25, -0.2) is 0 Å². The molecule has 0 saturated carbocycles. The number of benzene rings is 2. The summed E-state index contributed by atoms with van der Waals surface area (Å²) in [4.78, 5) is 27.9. The normalized spacial score (nSPS) is 18.8. The molecule has 0 spiro atoms. The lowest BCUT2D eigenvalue weighted by Gasteiger charge is -2.22. The third-order valence-electron chi connectivity index (χ3n) is 5.94. The van der Waals surface area contributed by atoms with Crippen molar-refractivity contribution in [3.8, 4) is 5.75 Å². The van der Waals surface area contributed by atoms with Gasteiger partial charge in [-0.2, -0.15) is 0 Å². The van der Waals surface area contributed by atoms with Gasteiger partial charge in [-0.15, -0.1) is 0 Å². The highest BCUT2D eigenvalue weighted by Gasteiger charge is 2.21. The number of anilines is 1. The van der Waals surface area contributed by atoms with E-state index < -0.39 is 0 Å². The van der Waals surface area contributed by atoms with Gasteiger partial charge < -0.3 is 19.7 Å². The Morgan fingerprint density at radius 3 is 2.56 bits per heavy atom. The highest BCUT2D eigenvalue weighted by molar-refractivity contribution is 9.10. The van der Waals surface area contributed by atoms with Gasteiger partial charge in [0.05, 0.1) is 21.8 Å². The fourth-order valence-electron chi connectivity index (χ4n) is 4.13. The van der Waals surface area contributed by atoms with Crippen LogP contribution in [0.4, 0.5) is 5.69 Å². The van der Waals surface area contributed by atoms with Crippen molar-refractivity contribution in [1.82, 2.24) is 4.90 Å². The summed E-state index contributed by atoms with van der Waals surface area (Å²) in [5.74, 6) is 0.378. The first kappa shape index (κ1) is 22.8. The summed E-state index contributed by atoms with van der Waals surface area (Å²) in [6.07, 6.45) is 6.56. The van der Waals surface area contributed by atoms with Gasteiger partial charge in [0.1, 0.15) is 12.4 Å². The second-order valence-corrected chi connectivity index (χ2v) is 9.15. The lowest BCUT2D eigenvalue weighted by atomic mass is 10.1. The molecule has 0 bridgehead atoms. The number of nitrogens with zero attached hydrogens (tertiary/aromatic N) is 1. The molecule has 170 valence electrons. The van der Waals surface area contributed by atoms with Crippen LogP contribution in [0.15, 0.2) is 46.9 Å². The molecule has 2 aliphatic heterocycles. The Kier molecular flexibility index (Phi) is 7.81. The van der Waals surface area contributed by atoms with Crippen LogP contribution in [0.3, 0.4) is 0 Å². The SMILES string of the molecule is O=C(Nc1ccccc1C(=O)N1CCCCCC1)c1ccc(OCC2CCCO2)c(Br)c1. The fourth-order valence-corrected chi connectivity index (χ4v) is 4.63. The molecule has 2 saturated heterocycles. The van der Waals surface area contributed by atoms with Crippen LogP contribution in [0.1, 0.15) is 59.2 Å². The van der Waals surface area contributed by atoms with Crippen molar-refractivity contribution in [2.75, 3.05) is 31.6 Å². The summed E-state index contributed by atoms with van der Waals surface area (Å²) in [5.41, 5.74) is 1.54. The molecule has 4 rings (SSSR count). The van der Waals surface area contributed by atoms with E-state index in [9.17, 15) is 9.59 Å². The van der Waals surface area contributed by atoms with E-state index >= 15 is 0 Å². The number of para-hydroxylation sites is 1. The molecule has 1 atom stereocenters. The van der Waals surface area contributed by atoms with E-state index in [1.807, 2.05) is 17.0 Å². The molecule has 1 N–H and O–H groups in total. The lowest BCUT2D eigenvalue weighted by Crippen LogP contribution is -2.32. The first-order chi connectivity index (χ1) is 15.6. The van der Waals surface area contributed by atoms with E-state index in [1.54, 1.807) is 30.3 Å². The van der Waals surface area contributed by atoms with Gasteiger partial charge in [-0.05, 0) is 71.9 Å². The van der Waals surface area contributed by atoms with E-state index in [4.69, 9.17) is 9.47 Å². The molecule has 0 aromatic heterocycles. The highest BCUT2D eigenvalue weighted by atomic mass is 79.9. The van der Waals surface area contributed by atoms with Crippen molar-refractivity contribution in [3.63, 3.8) is 0 Å². The third-order valence-corrected chi connectivity index (χ3v) is 6.56. The summed E-state index contributed by atoms with van der Waals surface area (Å²) in [6.45, 7) is 2.81. The first-order valence-electron chi connectivity index (χ1n) is 11.4. The summed E-state index contributed by atoms with van der Waals surface area (Å²) >= 11 is 3.50. The summed E-state index contributed by atoms with van der Waals surface area (Å²) < 4.78 is 12.1. The maximum Gasteiger partial charge on any atom is 0.255 e. The predicted molar refractivity (Wildman–Crippen MR) is 127 cm³/mol. The molecule has 0 aliphatic carbocycles. The Hall–Kier alpha value is -2.38. The zero-order valence-electron chi connectivity index (χ0n) is 18.1. The molecule has 2 heterocycles. The second kappa shape index (κ2) is 11.0.